The number of hydrogen-bond donors (Lipinski definition) is 0. The van der Waals surface area contributed by atoms with Crippen LogP contribution < -0.4 is 9.80 Å². The van der Waals surface area contributed by atoms with Crippen molar-refractivity contribution >= 4 is 78.0 Å². The van der Waals surface area contributed by atoms with Gasteiger partial charge >= 0.3 is 0 Å². The third-order valence-electron chi connectivity index (χ3n) is 19.0. The SMILES string of the molecule is Cc1cc(C)cc(N(c2cc(-c3ccccc3)ccc2-c2ccccc2)c2cc3c(c4c2oc2ccccc24)-c2c(cc(N(c4cc(C)cc(C)c4)c4cc(-c5ccccc5)ccc4-c4ccccc4)c4c2oc2ccccc24)C3(c2ccccc2)c2ccccc2)c1. The van der Waals surface area contributed by atoms with E-state index in [4.69, 9.17) is 8.83 Å². The zero-order chi connectivity index (χ0) is 62.3. The minimum Gasteiger partial charge on any atom is -0.455 e. The Labute approximate surface area is 542 Å². The van der Waals surface area contributed by atoms with E-state index in [1.165, 1.54) is 11.1 Å². The number of furan rings is 2. The molecule has 0 spiro atoms. The molecule has 4 nitrogen and oxygen atoms in total. The van der Waals surface area contributed by atoms with Crippen LogP contribution in [0.25, 0.3) is 99.5 Å². The Bertz CT molecular complexity index is 5460. The fourth-order valence-electron chi connectivity index (χ4n) is 15.3. The molecule has 0 aliphatic heterocycles. The maximum absolute atomic E-state index is 7.77. The van der Waals surface area contributed by atoms with E-state index < -0.39 is 5.41 Å². The van der Waals surface area contributed by atoms with E-state index in [1.54, 1.807) is 0 Å². The molecule has 16 aromatic rings. The predicted octanol–water partition coefficient (Wildman–Crippen LogP) is 24.7. The monoisotopic (exact) mass is 1190 g/mol. The second-order valence-corrected chi connectivity index (χ2v) is 25.0. The maximum Gasteiger partial charge on any atom is 0.160 e. The number of anilines is 6. The Morgan fingerprint density at radius 1 is 0.269 bits per heavy atom. The zero-order valence-corrected chi connectivity index (χ0v) is 52.2. The van der Waals surface area contributed by atoms with E-state index in [1.807, 2.05) is 0 Å². The third kappa shape index (κ3) is 9.12. The molecule has 442 valence electrons. The quantitative estimate of drug-likeness (QED) is 0.122. The summed E-state index contributed by atoms with van der Waals surface area (Å²) in [5.74, 6) is 0. The molecule has 0 fully saturated rings. The van der Waals surface area contributed by atoms with E-state index in [0.717, 1.165) is 167 Å². The number of fused-ring (bicyclic) bond motifs is 11. The van der Waals surface area contributed by atoms with E-state index >= 15 is 0 Å². The molecule has 2 heterocycles. The van der Waals surface area contributed by atoms with Gasteiger partial charge in [-0.2, -0.15) is 0 Å². The molecule has 2 aromatic heterocycles. The number of nitrogens with zero attached hydrogens (tertiary/aromatic N) is 2. The highest BCUT2D eigenvalue weighted by Crippen LogP contribution is 2.65. The highest BCUT2D eigenvalue weighted by atomic mass is 16.3. The molecule has 93 heavy (non-hydrogen) atoms. The van der Waals surface area contributed by atoms with Crippen LogP contribution in [0.1, 0.15) is 44.5 Å². The fourth-order valence-corrected chi connectivity index (χ4v) is 15.3. The standard InChI is InChI=1S/C89H64N2O2/c1-57-47-58(2)50-69(49-57)90(77-53-65(61-27-11-5-12-28-61)43-45-71(77)63-31-15-7-16-32-63)79-55-76-86(88-83(79)73-39-23-25-41-81(73)93-88)85-75(89(76,67-35-19-9-20-36-67)68-37-21-10-22-38-68)56-80(87-84(85)74-40-24-26-42-82(74)92-87)91(70-51-59(3)48-60(4)52-70)78-54-66(62-29-13-6-14-30-62)44-46-72(78)64-33-17-8-18-34-64/h5-56H,1-4H3. The first-order valence-corrected chi connectivity index (χ1v) is 32.1. The van der Waals surface area contributed by atoms with Crippen LogP contribution in [0.5, 0.6) is 0 Å². The smallest absolute Gasteiger partial charge is 0.160 e. The highest BCUT2D eigenvalue weighted by molar-refractivity contribution is 6.26. The molecule has 0 amide bonds. The van der Waals surface area contributed by atoms with Crippen molar-refractivity contribution in [2.45, 2.75) is 33.1 Å². The Hall–Kier alpha value is -11.7. The Balaban J connectivity index is 1.07. The van der Waals surface area contributed by atoms with Crippen LogP contribution in [-0.2, 0) is 5.41 Å². The summed E-state index contributed by atoms with van der Waals surface area (Å²) >= 11 is 0. The van der Waals surface area contributed by atoms with E-state index in [2.05, 4.69) is 353 Å². The second-order valence-electron chi connectivity index (χ2n) is 25.0. The van der Waals surface area contributed by atoms with Gasteiger partial charge in [-0.3, -0.25) is 0 Å². The minimum atomic E-state index is -0.985. The summed E-state index contributed by atoms with van der Waals surface area (Å²) < 4.78 is 15.4. The average Bonchev–Trinajstić information content (AvgIpc) is 1.50. The first kappa shape index (κ1) is 55.4. The lowest BCUT2D eigenvalue weighted by molar-refractivity contribution is 0.668. The maximum atomic E-state index is 7.77. The van der Waals surface area contributed by atoms with Crippen LogP contribution in [-0.4, -0.2) is 0 Å². The lowest BCUT2D eigenvalue weighted by Crippen LogP contribution is -2.29. The van der Waals surface area contributed by atoms with Gasteiger partial charge in [0.05, 0.1) is 33.6 Å². The molecule has 0 saturated heterocycles. The largest absolute Gasteiger partial charge is 0.455 e. The topological polar surface area (TPSA) is 32.8 Å². The van der Waals surface area contributed by atoms with Crippen molar-refractivity contribution in [2.24, 2.45) is 0 Å². The molecule has 0 bridgehead atoms. The normalized spacial score (nSPS) is 12.4. The van der Waals surface area contributed by atoms with Gasteiger partial charge in [0, 0.05) is 49.8 Å². The number of aryl methyl sites for hydroxylation is 4. The first-order valence-electron chi connectivity index (χ1n) is 32.1. The van der Waals surface area contributed by atoms with Gasteiger partial charge < -0.3 is 18.6 Å². The van der Waals surface area contributed by atoms with Crippen molar-refractivity contribution in [3.8, 4) is 55.6 Å². The van der Waals surface area contributed by atoms with Gasteiger partial charge in [0.25, 0.3) is 0 Å². The van der Waals surface area contributed by atoms with Gasteiger partial charge in [-0.1, -0.05) is 255 Å². The summed E-state index contributed by atoms with van der Waals surface area (Å²) in [6, 6.07) is 116. The fraction of sp³-hybridized carbons (Fsp3) is 0.0562. The molecule has 1 aliphatic rings. The molecule has 0 saturated carbocycles. The van der Waals surface area contributed by atoms with Gasteiger partial charge in [-0.15, -0.1) is 0 Å². The van der Waals surface area contributed by atoms with Crippen molar-refractivity contribution < 1.29 is 8.83 Å². The summed E-state index contributed by atoms with van der Waals surface area (Å²) in [7, 11) is 0. The van der Waals surface area contributed by atoms with Crippen LogP contribution >= 0.6 is 0 Å². The molecular formula is C89H64N2O2. The van der Waals surface area contributed by atoms with Gasteiger partial charge in [0.2, 0.25) is 0 Å². The van der Waals surface area contributed by atoms with Crippen molar-refractivity contribution in [3.05, 3.63) is 360 Å². The summed E-state index contributed by atoms with van der Waals surface area (Å²) in [5.41, 5.74) is 28.4. The van der Waals surface area contributed by atoms with Gasteiger partial charge in [0.1, 0.15) is 16.7 Å². The molecule has 14 aromatic carbocycles. The Morgan fingerprint density at radius 3 is 1.10 bits per heavy atom. The van der Waals surface area contributed by atoms with Crippen LogP contribution in [0.15, 0.2) is 324 Å². The van der Waals surface area contributed by atoms with E-state index in [9.17, 15) is 0 Å². The van der Waals surface area contributed by atoms with Crippen molar-refractivity contribution in [3.63, 3.8) is 0 Å². The van der Waals surface area contributed by atoms with Gasteiger partial charge in [-0.25, -0.2) is 0 Å². The van der Waals surface area contributed by atoms with Crippen LogP contribution in [0, 0.1) is 27.7 Å². The Morgan fingerprint density at radius 2 is 0.634 bits per heavy atom. The second kappa shape index (κ2) is 22.3. The lowest BCUT2D eigenvalue weighted by Gasteiger charge is -2.36. The van der Waals surface area contributed by atoms with Crippen molar-refractivity contribution in [2.75, 3.05) is 9.80 Å². The minimum absolute atomic E-state index is 0.775. The average molecular weight is 1190 g/mol. The number of hydrogen-bond acceptors (Lipinski definition) is 4. The molecule has 0 N–H and O–H groups in total. The van der Waals surface area contributed by atoms with Crippen LogP contribution in [0.2, 0.25) is 0 Å². The van der Waals surface area contributed by atoms with Gasteiger partial charge in [0.15, 0.2) is 5.58 Å². The summed E-state index contributed by atoms with van der Waals surface area (Å²) in [6.45, 7) is 8.84. The number of benzene rings is 14. The number of para-hydroxylation sites is 2. The molecule has 17 rings (SSSR count). The number of rotatable bonds is 12. The van der Waals surface area contributed by atoms with Crippen LogP contribution in [0.3, 0.4) is 0 Å². The van der Waals surface area contributed by atoms with Crippen molar-refractivity contribution in [1.82, 2.24) is 0 Å². The van der Waals surface area contributed by atoms with E-state index in [-0.39, 0.29) is 0 Å². The molecule has 1 aliphatic carbocycles. The predicted molar refractivity (Wildman–Crippen MR) is 388 cm³/mol. The van der Waals surface area contributed by atoms with Gasteiger partial charge in [-0.05, 0) is 166 Å². The molecule has 0 unspecified atom stereocenters. The highest BCUT2D eigenvalue weighted by Gasteiger charge is 2.51. The summed E-state index contributed by atoms with van der Waals surface area (Å²) in [6.07, 6.45) is 0. The lowest BCUT2D eigenvalue weighted by atomic mass is 9.67. The first-order chi connectivity index (χ1) is 45.8. The molecular weight excluding hydrogens is 1130 g/mol. The summed E-state index contributed by atoms with van der Waals surface area (Å²) in [4.78, 5) is 5.04. The molecule has 4 heteroatoms. The zero-order valence-electron chi connectivity index (χ0n) is 52.2. The molecule has 0 radical (unpaired) electrons. The Kier molecular flexibility index (Phi) is 13.3. The van der Waals surface area contributed by atoms with Crippen LogP contribution in [0.4, 0.5) is 34.1 Å². The third-order valence-corrected chi connectivity index (χ3v) is 19.0. The summed E-state index contributed by atoms with van der Waals surface area (Å²) in [5, 5.41) is 4.08. The molecule has 0 atom stereocenters. The van der Waals surface area contributed by atoms with E-state index in [0.29, 0.717) is 0 Å². The van der Waals surface area contributed by atoms with Crippen molar-refractivity contribution in [1.29, 1.82) is 0 Å².